The average molecular weight is 237 g/mol. The molecule has 4 heteroatoms. The Balaban J connectivity index is 2.40. The van der Waals surface area contributed by atoms with Gasteiger partial charge < -0.3 is 9.64 Å². The minimum absolute atomic E-state index is 0.203. The fourth-order valence-electron chi connectivity index (χ4n) is 2.33. The number of fused-ring (bicyclic) bond motifs is 1. The predicted molar refractivity (Wildman–Crippen MR) is 63.5 cm³/mol. The summed E-state index contributed by atoms with van der Waals surface area (Å²) in [6, 6.07) is 4.96. The lowest BCUT2D eigenvalue weighted by Crippen LogP contribution is -2.50. The van der Waals surface area contributed by atoms with Gasteiger partial charge in [0.05, 0.1) is 7.11 Å². The van der Waals surface area contributed by atoms with Gasteiger partial charge in [-0.05, 0) is 32.4 Å². The molecule has 0 N–H and O–H groups in total. The number of benzene rings is 1. The molecule has 1 aliphatic heterocycles. The molecule has 0 aliphatic carbocycles. The topological polar surface area (TPSA) is 29.5 Å². The molecule has 0 spiro atoms. The van der Waals surface area contributed by atoms with Crippen LogP contribution in [0, 0.1) is 5.82 Å². The number of anilines is 1. The van der Waals surface area contributed by atoms with Crippen LogP contribution in [0.3, 0.4) is 0 Å². The molecule has 1 aliphatic rings. The third-order valence-corrected chi connectivity index (χ3v) is 3.33. The molecule has 1 aromatic carbocycles. The van der Waals surface area contributed by atoms with E-state index in [1.807, 2.05) is 11.0 Å². The molecule has 0 bridgehead atoms. The number of methoxy groups -OCH3 is 1. The number of hydrogen-bond acceptors (Lipinski definition) is 3. The van der Waals surface area contributed by atoms with Gasteiger partial charge in [-0.15, -0.1) is 0 Å². The summed E-state index contributed by atoms with van der Waals surface area (Å²) in [5, 5.41) is 0. The molecule has 0 radical (unpaired) electrons. The quantitative estimate of drug-likeness (QED) is 0.738. The molecule has 0 aromatic heterocycles. The monoisotopic (exact) mass is 237 g/mol. The van der Waals surface area contributed by atoms with E-state index in [0.29, 0.717) is 18.5 Å². The van der Waals surface area contributed by atoms with Crippen LogP contribution >= 0.6 is 0 Å². The first-order chi connectivity index (χ1) is 7.98. The van der Waals surface area contributed by atoms with Gasteiger partial charge in [0.25, 0.3) is 0 Å². The normalized spacial score (nSPS) is 14.7. The first-order valence-electron chi connectivity index (χ1n) is 5.62. The van der Waals surface area contributed by atoms with Gasteiger partial charge in [0.1, 0.15) is 11.4 Å². The Morgan fingerprint density at radius 1 is 1.47 bits per heavy atom. The Labute approximate surface area is 100 Å². The van der Waals surface area contributed by atoms with Crippen molar-refractivity contribution in [2.24, 2.45) is 0 Å². The van der Waals surface area contributed by atoms with Crippen molar-refractivity contribution in [2.75, 3.05) is 18.6 Å². The third-order valence-electron chi connectivity index (χ3n) is 3.33. The maximum atomic E-state index is 13.6. The SMILES string of the molecule is COC(=O)C(C)(C)N1CCc2c(F)cccc21. The van der Waals surface area contributed by atoms with Gasteiger partial charge in [-0.1, -0.05) is 6.07 Å². The second kappa shape index (κ2) is 4.02. The molecule has 1 heterocycles. The summed E-state index contributed by atoms with van der Waals surface area (Å²) in [7, 11) is 1.37. The molecular weight excluding hydrogens is 221 g/mol. The van der Waals surface area contributed by atoms with E-state index < -0.39 is 5.54 Å². The molecule has 0 fully saturated rings. The highest BCUT2D eigenvalue weighted by molar-refractivity contribution is 5.85. The third kappa shape index (κ3) is 1.77. The zero-order chi connectivity index (χ0) is 12.6. The highest BCUT2D eigenvalue weighted by Crippen LogP contribution is 2.35. The Morgan fingerprint density at radius 2 is 2.18 bits per heavy atom. The number of nitrogens with zero attached hydrogens (tertiary/aromatic N) is 1. The van der Waals surface area contributed by atoms with Crippen LogP contribution in [0.25, 0.3) is 0 Å². The average Bonchev–Trinajstić information content (AvgIpc) is 2.73. The number of esters is 1. The zero-order valence-corrected chi connectivity index (χ0v) is 10.3. The van der Waals surface area contributed by atoms with Gasteiger partial charge in [0.2, 0.25) is 0 Å². The van der Waals surface area contributed by atoms with Crippen molar-refractivity contribution >= 4 is 11.7 Å². The first kappa shape index (κ1) is 11.9. The molecule has 1 aromatic rings. The van der Waals surface area contributed by atoms with Crippen molar-refractivity contribution in [1.82, 2.24) is 0 Å². The summed E-state index contributed by atoms with van der Waals surface area (Å²) in [5.41, 5.74) is 0.707. The lowest BCUT2D eigenvalue weighted by Gasteiger charge is -2.35. The summed E-state index contributed by atoms with van der Waals surface area (Å²) in [4.78, 5) is 13.7. The molecule has 0 atom stereocenters. The van der Waals surface area contributed by atoms with Gasteiger partial charge in [-0.3, -0.25) is 0 Å². The number of carbonyl (C=O) groups is 1. The maximum Gasteiger partial charge on any atom is 0.331 e. The Morgan fingerprint density at radius 3 is 2.82 bits per heavy atom. The minimum atomic E-state index is -0.770. The van der Waals surface area contributed by atoms with Gasteiger partial charge in [-0.2, -0.15) is 0 Å². The number of hydrogen-bond donors (Lipinski definition) is 0. The number of rotatable bonds is 2. The second-order valence-corrected chi connectivity index (χ2v) is 4.69. The summed E-state index contributed by atoms with van der Waals surface area (Å²) in [5.74, 6) is -0.514. The van der Waals surface area contributed by atoms with E-state index in [9.17, 15) is 9.18 Å². The van der Waals surface area contributed by atoms with Crippen molar-refractivity contribution in [3.63, 3.8) is 0 Å². The van der Waals surface area contributed by atoms with Gasteiger partial charge in [0.15, 0.2) is 0 Å². The zero-order valence-electron chi connectivity index (χ0n) is 10.3. The van der Waals surface area contributed by atoms with Crippen LogP contribution in [0.4, 0.5) is 10.1 Å². The van der Waals surface area contributed by atoms with Crippen LogP contribution in [0.2, 0.25) is 0 Å². The van der Waals surface area contributed by atoms with Crippen LogP contribution in [0.1, 0.15) is 19.4 Å². The van der Waals surface area contributed by atoms with Crippen molar-refractivity contribution < 1.29 is 13.9 Å². The van der Waals surface area contributed by atoms with Crippen LogP contribution in [-0.4, -0.2) is 25.2 Å². The highest BCUT2D eigenvalue weighted by Gasteiger charge is 2.39. The van der Waals surface area contributed by atoms with Crippen LogP contribution in [0.5, 0.6) is 0 Å². The fourth-order valence-corrected chi connectivity index (χ4v) is 2.33. The molecule has 2 rings (SSSR count). The summed E-state index contributed by atoms with van der Waals surface area (Å²) < 4.78 is 18.4. The summed E-state index contributed by atoms with van der Waals surface area (Å²) in [6.07, 6.45) is 0.627. The molecule has 0 unspecified atom stereocenters. The van der Waals surface area contributed by atoms with E-state index in [-0.39, 0.29) is 11.8 Å². The van der Waals surface area contributed by atoms with E-state index in [1.54, 1.807) is 19.9 Å². The predicted octanol–water partition coefficient (Wildman–Crippen LogP) is 2.14. The largest absolute Gasteiger partial charge is 0.467 e. The number of ether oxygens (including phenoxy) is 1. The highest BCUT2D eigenvalue weighted by atomic mass is 19.1. The van der Waals surface area contributed by atoms with E-state index in [2.05, 4.69) is 0 Å². The molecule has 0 amide bonds. The van der Waals surface area contributed by atoms with Crippen molar-refractivity contribution in [1.29, 1.82) is 0 Å². The first-order valence-corrected chi connectivity index (χ1v) is 5.62. The molecule has 3 nitrogen and oxygen atoms in total. The number of carbonyl (C=O) groups excluding carboxylic acids is 1. The second-order valence-electron chi connectivity index (χ2n) is 4.69. The Bertz CT molecular complexity index is 457. The van der Waals surface area contributed by atoms with Gasteiger partial charge in [0, 0.05) is 17.8 Å². The molecule has 0 saturated carbocycles. The van der Waals surface area contributed by atoms with Crippen molar-refractivity contribution in [3.05, 3.63) is 29.6 Å². The lowest BCUT2D eigenvalue weighted by molar-refractivity contribution is -0.145. The van der Waals surface area contributed by atoms with Crippen molar-refractivity contribution in [3.8, 4) is 0 Å². The van der Waals surface area contributed by atoms with Crippen LogP contribution in [0.15, 0.2) is 18.2 Å². The maximum absolute atomic E-state index is 13.6. The smallest absolute Gasteiger partial charge is 0.331 e. The fraction of sp³-hybridized carbons (Fsp3) is 0.462. The van der Waals surface area contributed by atoms with Gasteiger partial charge in [-0.25, -0.2) is 9.18 Å². The van der Waals surface area contributed by atoms with E-state index in [0.717, 1.165) is 5.69 Å². The van der Waals surface area contributed by atoms with Gasteiger partial charge >= 0.3 is 5.97 Å². The summed E-state index contributed by atoms with van der Waals surface area (Å²) >= 11 is 0. The molecule has 17 heavy (non-hydrogen) atoms. The lowest BCUT2D eigenvalue weighted by atomic mass is 10.0. The Hall–Kier alpha value is -1.58. The molecule has 0 saturated heterocycles. The van der Waals surface area contributed by atoms with Crippen LogP contribution < -0.4 is 4.90 Å². The summed E-state index contributed by atoms with van der Waals surface area (Å²) in [6.45, 7) is 4.22. The minimum Gasteiger partial charge on any atom is -0.467 e. The van der Waals surface area contributed by atoms with Crippen LogP contribution in [-0.2, 0) is 16.0 Å². The standard InChI is InChI=1S/C13H16FNO2/c1-13(2,12(16)17-3)15-8-7-9-10(14)5-4-6-11(9)15/h4-6H,7-8H2,1-3H3. The number of halogens is 1. The molecule has 92 valence electrons. The van der Waals surface area contributed by atoms with Crippen molar-refractivity contribution in [2.45, 2.75) is 25.8 Å². The Kier molecular flexibility index (Phi) is 2.81. The van der Waals surface area contributed by atoms with E-state index >= 15 is 0 Å². The van der Waals surface area contributed by atoms with E-state index in [4.69, 9.17) is 4.74 Å². The molecular formula is C13H16FNO2. The van der Waals surface area contributed by atoms with E-state index in [1.165, 1.54) is 13.2 Å².